The summed E-state index contributed by atoms with van der Waals surface area (Å²) in [6, 6.07) is -0.791. The third kappa shape index (κ3) is 6.40. The first kappa shape index (κ1) is 32.8. The van der Waals surface area contributed by atoms with Gasteiger partial charge in [-0.2, -0.15) is 0 Å². The summed E-state index contributed by atoms with van der Waals surface area (Å²) < 4.78 is 29.3. The van der Waals surface area contributed by atoms with Gasteiger partial charge in [-0.05, 0) is 62.1 Å². The van der Waals surface area contributed by atoms with Crippen LogP contribution in [-0.4, -0.2) is 63.0 Å². The molecule has 4 heterocycles. The fourth-order valence-corrected chi connectivity index (χ4v) is 5.67. The van der Waals surface area contributed by atoms with E-state index in [1.54, 1.807) is 39.8 Å². The quantitative estimate of drug-likeness (QED) is 0.235. The Balaban J connectivity index is 1.81. The summed E-state index contributed by atoms with van der Waals surface area (Å²) in [5.74, 6) is -3.88. The highest BCUT2D eigenvalue weighted by Gasteiger charge is 2.33. The van der Waals surface area contributed by atoms with Gasteiger partial charge >= 0.3 is 11.9 Å². The van der Waals surface area contributed by atoms with Gasteiger partial charge in [0.05, 0.1) is 23.1 Å². The number of H-pyrrole nitrogens is 1. The summed E-state index contributed by atoms with van der Waals surface area (Å²) in [5.41, 5.74) is 6.07. The summed E-state index contributed by atoms with van der Waals surface area (Å²) >= 11 is 0. The molecule has 1 aromatic rings. The Hall–Kier alpha value is -5.13. The molecule has 0 saturated carbocycles. The number of hydrogen-bond acceptors (Lipinski definition) is 5. The van der Waals surface area contributed by atoms with E-state index in [-0.39, 0.29) is 18.2 Å². The van der Waals surface area contributed by atoms with E-state index in [4.69, 9.17) is 4.99 Å². The highest BCUT2D eigenvalue weighted by atomic mass is 19.1. The predicted molar refractivity (Wildman–Crippen MR) is 165 cm³/mol. The molecule has 0 aromatic carbocycles. The second kappa shape index (κ2) is 12.8. The van der Waals surface area contributed by atoms with Crippen LogP contribution < -0.4 is 10.6 Å². The third-order valence-corrected chi connectivity index (χ3v) is 8.33. The molecule has 5 N–H and O–H groups in total. The Morgan fingerprint density at radius 3 is 1.89 bits per heavy atom. The molecule has 2 amide bonds. The van der Waals surface area contributed by atoms with Crippen molar-refractivity contribution in [3.63, 3.8) is 0 Å². The zero-order chi connectivity index (χ0) is 33.3. The van der Waals surface area contributed by atoms with Crippen molar-refractivity contribution in [2.24, 2.45) is 4.99 Å². The van der Waals surface area contributed by atoms with Crippen LogP contribution >= 0.6 is 0 Å². The molecule has 3 atom stereocenters. The highest BCUT2D eigenvalue weighted by molar-refractivity contribution is 6.13. The summed E-state index contributed by atoms with van der Waals surface area (Å²) in [4.78, 5) is 55.4. The van der Waals surface area contributed by atoms with E-state index < -0.39 is 43.2 Å². The van der Waals surface area contributed by atoms with Crippen molar-refractivity contribution in [1.82, 2.24) is 15.6 Å². The predicted octanol–water partition coefficient (Wildman–Crippen LogP) is 4.27. The minimum atomic E-state index is -2.22. The normalized spacial score (nSPS) is 21.5. The van der Waals surface area contributed by atoms with E-state index in [9.17, 15) is 38.2 Å². The molecule has 236 valence electrons. The smallest absolute Gasteiger partial charge is 0.338 e. The number of halogens is 2. The van der Waals surface area contributed by atoms with Crippen LogP contribution in [0.3, 0.4) is 0 Å². The van der Waals surface area contributed by atoms with Crippen LogP contribution in [0.5, 0.6) is 0 Å². The van der Waals surface area contributed by atoms with Gasteiger partial charge in [0.25, 0.3) is 11.8 Å². The van der Waals surface area contributed by atoms with Gasteiger partial charge in [0.2, 0.25) is 12.3 Å². The minimum Gasteiger partial charge on any atom is -0.479 e. The zero-order valence-corrected chi connectivity index (χ0v) is 25.3. The van der Waals surface area contributed by atoms with E-state index in [0.29, 0.717) is 73.1 Å². The maximum atomic E-state index is 14.6. The van der Waals surface area contributed by atoms with Crippen molar-refractivity contribution in [3.8, 4) is 0 Å². The van der Waals surface area contributed by atoms with Gasteiger partial charge in [-0.15, -0.1) is 0 Å². The number of hydrogen-bond donors (Lipinski definition) is 5. The number of allylic oxidation sites excluding steroid dienone is 4. The maximum absolute atomic E-state index is 14.6. The van der Waals surface area contributed by atoms with Gasteiger partial charge in [0.15, 0.2) is 0 Å². The van der Waals surface area contributed by atoms with Crippen LogP contribution in [0, 0.1) is 6.92 Å². The lowest BCUT2D eigenvalue weighted by molar-refractivity contribution is -0.143. The molecule has 4 rings (SSSR count). The average Bonchev–Trinajstić information content (AvgIpc) is 3.62. The summed E-state index contributed by atoms with van der Waals surface area (Å²) in [6.45, 7) is 14.2. The number of nitrogens with one attached hydrogen (secondary N) is 3. The highest BCUT2D eigenvalue weighted by Crippen LogP contribution is 2.34. The van der Waals surface area contributed by atoms with Crippen LogP contribution in [0.4, 0.5) is 8.78 Å². The van der Waals surface area contributed by atoms with E-state index in [2.05, 4.69) is 28.8 Å². The number of aromatic amines is 1. The zero-order valence-electron chi connectivity index (χ0n) is 25.3. The second-order valence-electron chi connectivity index (χ2n) is 11.0. The number of nitrogens with zero attached hydrogens (tertiary/aromatic N) is 1. The Bertz CT molecular complexity index is 1740. The molecule has 0 spiro atoms. The molecule has 0 fully saturated rings. The minimum absolute atomic E-state index is 0.0302. The SMILES string of the molecule is C=CC1=C(C)C(=O)N/C1=C\C1=NC(Cc2[nH]c(/C=C3\NC(=O)C(C)=C3C=C)c(C)c2CC(F)C(=O)O)C(CC(F)C(=O)O)=C1C. The number of rotatable bonds is 12. The van der Waals surface area contributed by atoms with Crippen LogP contribution in [0.1, 0.15) is 49.7 Å². The first-order chi connectivity index (χ1) is 21.2. The molecule has 3 aliphatic rings. The molecule has 3 unspecified atom stereocenters. The fraction of sp³-hybridized carbons (Fsp3) is 0.303. The summed E-state index contributed by atoms with van der Waals surface area (Å²) in [7, 11) is 0. The lowest BCUT2D eigenvalue weighted by atomic mass is 9.92. The molecule has 12 heteroatoms. The number of carbonyl (C=O) groups is 4. The largest absolute Gasteiger partial charge is 0.479 e. The Labute approximate surface area is 258 Å². The van der Waals surface area contributed by atoms with E-state index >= 15 is 0 Å². The van der Waals surface area contributed by atoms with Gasteiger partial charge in [0.1, 0.15) is 0 Å². The number of alkyl halides is 2. The van der Waals surface area contributed by atoms with Crippen LogP contribution in [0.2, 0.25) is 0 Å². The molecule has 45 heavy (non-hydrogen) atoms. The molecule has 0 bridgehead atoms. The van der Waals surface area contributed by atoms with Gasteiger partial charge < -0.3 is 25.8 Å². The van der Waals surface area contributed by atoms with Crippen molar-refractivity contribution < 1.29 is 38.2 Å². The molecule has 3 aliphatic heterocycles. The Morgan fingerprint density at radius 2 is 1.38 bits per heavy atom. The van der Waals surface area contributed by atoms with Gasteiger partial charge in [-0.25, -0.2) is 18.4 Å². The lowest BCUT2D eigenvalue weighted by Gasteiger charge is -2.16. The Kier molecular flexibility index (Phi) is 9.36. The maximum Gasteiger partial charge on any atom is 0.338 e. The molecule has 1 aromatic heterocycles. The number of aliphatic imine (C=N–C) groups is 1. The van der Waals surface area contributed by atoms with Crippen LogP contribution in [0.25, 0.3) is 6.08 Å². The first-order valence-electron chi connectivity index (χ1n) is 14.1. The van der Waals surface area contributed by atoms with Gasteiger partial charge in [-0.1, -0.05) is 25.3 Å². The second-order valence-corrected chi connectivity index (χ2v) is 11.0. The van der Waals surface area contributed by atoms with Crippen molar-refractivity contribution in [2.45, 2.75) is 65.3 Å². The number of carboxylic acids is 2. The standard InChI is InChI=1S/C33H34F2N4O6/c1-7-18-16(5)30(40)38-26(18)11-24-14(3)20(9-22(34)32(42)43)28(36-24)13-29-21(10-23(35)33(44)45)15(4)25(37-29)12-27-19(8-2)17(6)31(41)39-27/h7-8,11-12,22-23,28,37H,1-2,9-10,13H2,3-6H3,(H,38,40)(H,39,41)(H,42,43)(H,44,45)/b26-11-,27-12-. The van der Waals surface area contributed by atoms with Gasteiger partial charge in [-0.3, -0.25) is 14.6 Å². The fourth-order valence-electron chi connectivity index (χ4n) is 5.67. The van der Waals surface area contributed by atoms with Crippen LogP contribution in [0.15, 0.2) is 81.2 Å². The molecular formula is C33H34F2N4O6. The Morgan fingerprint density at radius 1 is 0.867 bits per heavy atom. The molecular weight excluding hydrogens is 586 g/mol. The van der Waals surface area contributed by atoms with Gasteiger partial charge in [0, 0.05) is 52.9 Å². The first-order valence-corrected chi connectivity index (χ1v) is 14.1. The van der Waals surface area contributed by atoms with E-state index in [1.165, 1.54) is 12.2 Å². The van der Waals surface area contributed by atoms with Crippen molar-refractivity contribution in [3.05, 3.63) is 98.7 Å². The lowest BCUT2D eigenvalue weighted by Crippen LogP contribution is -2.21. The topological polar surface area (TPSA) is 161 Å². The average molecular weight is 621 g/mol. The number of aromatic nitrogens is 1. The van der Waals surface area contributed by atoms with Crippen molar-refractivity contribution >= 4 is 35.5 Å². The van der Waals surface area contributed by atoms with E-state index in [1.807, 2.05) is 0 Å². The van der Waals surface area contributed by atoms with Crippen LogP contribution in [-0.2, 0) is 32.0 Å². The summed E-state index contributed by atoms with van der Waals surface area (Å²) in [5, 5.41) is 24.1. The number of aliphatic carboxylic acids is 2. The monoisotopic (exact) mass is 620 g/mol. The molecule has 0 radical (unpaired) electrons. The molecule has 10 nitrogen and oxygen atoms in total. The third-order valence-electron chi connectivity index (χ3n) is 8.33. The molecule has 0 saturated heterocycles. The summed E-state index contributed by atoms with van der Waals surface area (Å²) in [6.07, 6.45) is 0.955. The van der Waals surface area contributed by atoms with Crippen molar-refractivity contribution in [1.29, 1.82) is 0 Å². The molecule has 0 aliphatic carbocycles. The van der Waals surface area contributed by atoms with Crippen molar-refractivity contribution in [2.75, 3.05) is 0 Å². The number of carboxylic acid groups (broad SMARTS) is 2. The number of amides is 2. The van der Waals surface area contributed by atoms with E-state index in [0.717, 1.165) is 0 Å². The number of carbonyl (C=O) groups excluding carboxylic acids is 2.